The number of ketones is 1. The minimum absolute atomic E-state index is 0.0932. The Hall–Kier alpha value is -2.54. The number of rotatable bonds is 6. The maximum atomic E-state index is 13.7. The number of hydrogen-bond acceptors (Lipinski definition) is 7. The first kappa shape index (κ1) is 18.8. The molecule has 3 aliphatic rings. The van der Waals surface area contributed by atoms with Gasteiger partial charge in [-0.1, -0.05) is 24.3 Å². The number of nitrogens with zero attached hydrogens (tertiary/aromatic N) is 1. The minimum atomic E-state index is -1.79. The van der Waals surface area contributed by atoms with Crippen LogP contribution in [0.2, 0.25) is 0 Å². The van der Waals surface area contributed by atoms with Gasteiger partial charge in [0.1, 0.15) is 5.71 Å². The molecule has 1 aliphatic heterocycles. The topological polar surface area (TPSA) is 91.3 Å². The first-order valence-corrected chi connectivity index (χ1v) is 9.70. The van der Waals surface area contributed by atoms with E-state index in [1.165, 1.54) is 0 Å². The van der Waals surface area contributed by atoms with Crippen molar-refractivity contribution >= 4 is 23.4 Å². The van der Waals surface area contributed by atoms with Gasteiger partial charge in [-0.2, -0.15) is 0 Å². The summed E-state index contributed by atoms with van der Waals surface area (Å²) in [5.41, 5.74) is -1.60. The predicted molar refractivity (Wildman–Crippen MR) is 98.9 cm³/mol. The largest absolute Gasteiger partial charge is 0.465 e. The average Bonchev–Trinajstić information content (AvgIpc) is 3.25. The van der Waals surface area contributed by atoms with Crippen molar-refractivity contribution in [2.75, 3.05) is 19.8 Å². The fraction of sp³-hybridized carbons (Fsp3) is 0.524. The summed E-state index contributed by atoms with van der Waals surface area (Å²) in [6.07, 6.45) is 0.471. The molecule has 28 heavy (non-hydrogen) atoms. The highest BCUT2D eigenvalue weighted by molar-refractivity contribution is 6.52. The first-order valence-electron chi connectivity index (χ1n) is 9.70. The van der Waals surface area contributed by atoms with Crippen LogP contribution in [0.15, 0.2) is 29.3 Å². The van der Waals surface area contributed by atoms with E-state index in [1.807, 2.05) is 24.3 Å². The molecule has 0 spiro atoms. The van der Waals surface area contributed by atoms with Crippen molar-refractivity contribution in [3.8, 4) is 0 Å². The Morgan fingerprint density at radius 3 is 2.50 bits per heavy atom. The summed E-state index contributed by atoms with van der Waals surface area (Å²) in [6, 6.07) is 7.72. The number of carbonyl (C=O) groups is 3. The molecular formula is C21H23NO6. The number of Topliss-reactive ketones (excluding diaryl/α,β-unsaturated/α-hetero) is 1. The molecule has 0 saturated heterocycles. The van der Waals surface area contributed by atoms with Crippen molar-refractivity contribution in [2.24, 2.45) is 16.3 Å². The van der Waals surface area contributed by atoms with Gasteiger partial charge in [0.05, 0.1) is 13.2 Å². The average molecular weight is 385 g/mol. The van der Waals surface area contributed by atoms with E-state index in [9.17, 15) is 14.4 Å². The molecule has 0 radical (unpaired) electrons. The van der Waals surface area contributed by atoms with Crippen LogP contribution in [0.25, 0.3) is 0 Å². The van der Waals surface area contributed by atoms with E-state index in [-0.39, 0.29) is 25.5 Å². The van der Waals surface area contributed by atoms with Gasteiger partial charge in [-0.15, -0.1) is 0 Å². The molecule has 2 aliphatic carbocycles. The molecule has 0 aromatic heterocycles. The van der Waals surface area contributed by atoms with Crippen LogP contribution >= 0.6 is 0 Å². The van der Waals surface area contributed by atoms with Crippen molar-refractivity contribution in [1.82, 2.24) is 0 Å². The Morgan fingerprint density at radius 2 is 1.82 bits per heavy atom. The summed E-state index contributed by atoms with van der Waals surface area (Å²) in [5, 5.41) is 0. The zero-order valence-corrected chi connectivity index (χ0v) is 16.2. The minimum Gasteiger partial charge on any atom is -0.465 e. The number of ether oxygens (including phenoxy) is 3. The molecule has 2 bridgehead atoms. The molecule has 0 N–H and O–H groups in total. The standard InChI is InChI=1S/C21H23NO6/c1-4-26-17(23)16-20(19(25)27-5-2)14-11-12-9-7-8-10-13(12)15(14)21(22-16,18(20)24)28-6-3/h7-10,14-15H,4-6,11H2,1-3H3/t14-,15+,20+,21+/m0/s1. The van der Waals surface area contributed by atoms with E-state index in [1.54, 1.807) is 20.8 Å². The Balaban J connectivity index is 1.96. The Labute approximate surface area is 163 Å². The molecule has 148 valence electrons. The highest BCUT2D eigenvalue weighted by Crippen LogP contribution is 2.66. The molecular weight excluding hydrogens is 362 g/mol. The van der Waals surface area contributed by atoms with Crippen LogP contribution < -0.4 is 0 Å². The van der Waals surface area contributed by atoms with Gasteiger partial charge >= 0.3 is 11.9 Å². The van der Waals surface area contributed by atoms with Crippen LogP contribution in [-0.4, -0.2) is 49.0 Å². The molecule has 1 saturated carbocycles. The summed E-state index contributed by atoms with van der Waals surface area (Å²) >= 11 is 0. The van der Waals surface area contributed by atoms with E-state index in [0.29, 0.717) is 6.42 Å². The van der Waals surface area contributed by atoms with Gasteiger partial charge in [0.25, 0.3) is 0 Å². The number of fused-ring (bicyclic) bond motifs is 7. The predicted octanol–water partition coefficient (Wildman–Crippen LogP) is 1.83. The van der Waals surface area contributed by atoms with Gasteiger partial charge in [-0.3, -0.25) is 9.59 Å². The Morgan fingerprint density at radius 1 is 1.11 bits per heavy atom. The third-order valence-electron chi connectivity index (χ3n) is 5.98. The van der Waals surface area contributed by atoms with Gasteiger partial charge in [0, 0.05) is 18.4 Å². The van der Waals surface area contributed by atoms with Gasteiger partial charge in [-0.05, 0) is 38.3 Å². The van der Waals surface area contributed by atoms with Crippen LogP contribution in [0.3, 0.4) is 0 Å². The lowest BCUT2D eigenvalue weighted by molar-refractivity contribution is -0.159. The molecule has 4 rings (SSSR count). The van der Waals surface area contributed by atoms with Crippen LogP contribution in [0.5, 0.6) is 0 Å². The second kappa shape index (κ2) is 6.51. The van der Waals surface area contributed by atoms with E-state index < -0.39 is 40.7 Å². The fourth-order valence-electron chi connectivity index (χ4n) is 5.13. The van der Waals surface area contributed by atoms with Crippen LogP contribution in [0.4, 0.5) is 0 Å². The van der Waals surface area contributed by atoms with Crippen LogP contribution in [0.1, 0.15) is 37.8 Å². The van der Waals surface area contributed by atoms with Crippen LogP contribution in [-0.2, 0) is 35.0 Å². The summed E-state index contributed by atoms with van der Waals surface area (Å²) in [7, 11) is 0. The monoisotopic (exact) mass is 385 g/mol. The van der Waals surface area contributed by atoms with Gasteiger partial charge in [0.2, 0.25) is 11.5 Å². The number of aliphatic imine (C=N–C) groups is 1. The fourth-order valence-corrected chi connectivity index (χ4v) is 5.13. The van der Waals surface area contributed by atoms with E-state index in [2.05, 4.69) is 4.99 Å². The second-order valence-corrected chi connectivity index (χ2v) is 7.16. The second-order valence-electron chi connectivity index (χ2n) is 7.16. The summed E-state index contributed by atoms with van der Waals surface area (Å²) in [4.78, 5) is 44.1. The highest BCUT2D eigenvalue weighted by Gasteiger charge is 2.81. The Bertz CT molecular complexity index is 893. The van der Waals surface area contributed by atoms with E-state index in [4.69, 9.17) is 14.2 Å². The third-order valence-corrected chi connectivity index (χ3v) is 5.98. The van der Waals surface area contributed by atoms with Crippen molar-refractivity contribution in [3.05, 3.63) is 35.4 Å². The highest BCUT2D eigenvalue weighted by atomic mass is 16.5. The van der Waals surface area contributed by atoms with Crippen molar-refractivity contribution in [3.63, 3.8) is 0 Å². The Kier molecular flexibility index (Phi) is 4.38. The van der Waals surface area contributed by atoms with Gasteiger partial charge in [0.15, 0.2) is 5.41 Å². The van der Waals surface area contributed by atoms with E-state index in [0.717, 1.165) is 11.1 Å². The molecule has 1 aromatic rings. The smallest absolute Gasteiger partial charge is 0.354 e. The lowest BCUT2D eigenvalue weighted by Gasteiger charge is -2.33. The summed E-state index contributed by atoms with van der Waals surface area (Å²) in [5.74, 6) is -2.93. The number of hydrogen-bond donors (Lipinski definition) is 0. The molecule has 0 unspecified atom stereocenters. The lowest BCUT2D eigenvalue weighted by Crippen LogP contribution is -2.51. The zero-order valence-electron chi connectivity index (χ0n) is 16.2. The molecule has 7 heteroatoms. The maximum absolute atomic E-state index is 13.7. The number of esters is 2. The maximum Gasteiger partial charge on any atom is 0.354 e. The molecule has 1 aromatic carbocycles. The lowest BCUT2D eigenvalue weighted by atomic mass is 9.71. The third kappa shape index (κ3) is 2.08. The van der Waals surface area contributed by atoms with Crippen molar-refractivity contribution < 1.29 is 28.6 Å². The molecule has 1 fully saturated rings. The van der Waals surface area contributed by atoms with Crippen molar-refractivity contribution in [1.29, 1.82) is 0 Å². The molecule has 1 heterocycles. The van der Waals surface area contributed by atoms with Crippen LogP contribution in [0, 0.1) is 11.3 Å². The van der Waals surface area contributed by atoms with Gasteiger partial charge in [-0.25, -0.2) is 9.79 Å². The zero-order chi connectivity index (χ0) is 20.1. The quantitative estimate of drug-likeness (QED) is 0.548. The molecule has 7 nitrogen and oxygen atoms in total. The van der Waals surface area contributed by atoms with Crippen molar-refractivity contribution in [2.45, 2.75) is 38.8 Å². The normalized spacial score (nSPS) is 32.0. The SMILES string of the molecule is CCOC(=O)C1=N[C@]2(OCC)C(=O)[C@@]1(C(=O)OCC)[C@H]1Cc3ccccc3[C@H]12. The first-order chi connectivity index (χ1) is 13.5. The summed E-state index contributed by atoms with van der Waals surface area (Å²) < 4.78 is 16.4. The molecule has 4 atom stereocenters. The van der Waals surface area contributed by atoms with E-state index >= 15 is 0 Å². The number of carbonyl (C=O) groups excluding carboxylic acids is 3. The molecule has 0 amide bonds. The number of benzene rings is 1. The summed E-state index contributed by atoms with van der Waals surface area (Å²) in [6.45, 7) is 5.52. The van der Waals surface area contributed by atoms with Gasteiger partial charge < -0.3 is 14.2 Å².